The van der Waals surface area contributed by atoms with Gasteiger partial charge in [-0.05, 0) is 42.7 Å². The average molecular weight is 483 g/mol. The maximum Gasteiger partial charge on any atom is 0.256 e. The van der Waals surface area contributed by atoms with Crippen molar-refractivity contribution in [3.63, 3.8) is 0 Å². The Labute approximate surface area is 203 Å². The van der Waals surface area contributed by atoms with E-state index in [9.17, 15) is 9.90 Å². The maximum atomic E-state index is 13.0. The third kappa shape index (κ3) is 5.55. The normalized spacial score (nSPS) is 15.3. The largest absolute Gasteiger partial charge is 0.495 e. The number of hydrogen-bond acceptors (Lipinski definition) is 8. The van der Waals surface area contributed by atoms with E-state index in [0.717, 1.165) is 30.6 Å². The number of aliphatic hydroxyl groups excluding tert-OH is 1. The molecule has 3 heterocycles. The van der Waals surface area contributed by atoms with Crippen LogP contribution in [0.15, 0.2) is 48.8 Å². The van der Waals surface area contributed by atoms with Crippen molar-refractivity contribution in [2.45, 2.75) is 32.0 Å². The smallest absolute Gasteiger partial charge is 0.256 e. The SMILES string of the molecule is COc1ccc(CNc2nc(N3CCC[C@@H]3CO)ncc2C(=O)NCc2ccccn2)cc1Cl. The Bertz CT molecular complexity index is 1130. The van der Waals surface area contributed by atoms with E-state index in [1.54, 1.807) is 25.4 Å². The molecule has 34 heavy (non-hydrogen) atoms. The number of ether oxygens (including phenoxy) is 1. The van der Waals surface area contributed by atoms with Crippen LogP contribution >= 0.6 is 11.6 Å². The lowest BCUT2D eigenvalue weighted by atomic mass is 10.2. The number of halogens is 1. The molecule has 178 valence electrons. The zero-order valence-electron chi connectivity index (χ0n) is 18.9. The Kier molecular flexibility index (Phi) is 7.76. The van der Waals surface area contributed by atoms with E-state index >= 15 is 0 Å². The molecule has 0 saturated carbocycles. The van der Waals surface area contributed by atoms with Crippen molar-refractivity contribution in [1.29, 1.82) is 0 Å². The monoisotopic (exact) mass is 482 g/mol. The number of carbonyl (C=O) groups is 1. The zero-order valence-corrected chi connectivity index (χ0v) is 19.6. The van der Waals surface area contributed by atoms with Gasteiger partial charge < -0.3 is 25.4 Å². The first kappa shape index (κ1) is 23.7. The van der Waals surface area contributed by atoms with Crippen LogP contribution in [0, 0.1) is 0 Å². The van der Waals surface area contributed by atoms with Crippen LogP contribution in [0.5, 0.6) is 5.75 Å². The second-order valence-electron chi connectivity index (χ2n) is 7.93. The number of methoxy groups -OCH3 is 1. The summed E-state index contributed by atoms with van der Waals surface area (Å²) in [5.41, 5.74) is 1.97. The molecule has 0 aliphatic carbocycles. The minimum Gasteiger partial charge on any atom is -0.495 e. The first-order valence-electron chi connectivity index (χ1n) is 11.1. The fraction of sp³-hybridized carbons (Fsp3) is 0.333. The number of benzene rings is 1. The third-order valence-corrected chi connectivity index (χ3v) is 5.99. The van der Waals surface area contributed by atoms with Gasteiger partial charge in [0.05, 0.1) is 37.0 Å². The molecule has 1 aromatic carbocycles. The van der Waals surface area contributed by atoms with E-state index in [0.29, 0.717) is 34.6 Å². The molecule has 3 N–H and O–H groups in total. The molecule has 1 aliphatic rings. The van der Waals surface area contributed by atoms with Gasteiger partial charge in [-0.1, -0.05) is 23.7 Å². The van der Waals surface area contributed by atoms with Gasteiger partial charge in [0.1, 0.15) is 17.1 Å². The van der Waals surface area contributed by atoms with Crippen LogP contribution in [0.2, 0.25) is 5.02 Å². The molecule has 0 radical (unpaired) electrons. The van der Waals surface area contributed by atoms with Crippen LogP contribution in [-0.4, -0.2) is 52.3 Å². The second kappa shape index (κ2) is 11.1. The number of hydrogen-bond donors (Lipinski definition) is 3. The highest BCUT2D eigenvalue weighted by molar-refractivity contribution is 6.32. The van der Waals surface area contributed by atoms with Crippen LogP contribution in [0.25, 0.3) is 0 Å². The number of amides is 1. The maximum absolute atomic E-state index is 13.0. The van der Waals surface area contributed by atoms with Gasteiger partial charge in [-0.3, -0.25) is 9.78 Å². The summed E-state index contributed by atoms with van der Waals surface area (Å²) in [5.74, 6) is 1.16. The van der Waals surface area contributed by atoms with E-state index in [2.05, 4.69) is 25.6 Å². The molecule has 10 heteroatoms. The standard InChI is InChI=1S/C24H27ClN6O3/c1-34-21-8-7-16(11-20(21)25)12-27-22-19(23(33)28-13-17-5-2-3-9-26-17)14-29-24(30-22)31-10-4-6-18(31)15-32/h2-3,5,7-9,11,14,18,32H,4,6,10,12-13,15H2,1H3,(H,28,33)(H,27,29,30)/t18-/m1/s1. The number of nitrogens with zero attached hydrogens (tertiary/aromatic N) is 4. The number of carbonyl (C=O) groups excluding carboxylic acids is 1. The Hall–Kier alpha value is -3.43. The molecule has 1 aliphatic heterocycles. The number of rotatable bonds is 9. The van der Waals surface area contributed by atoms with Crippen LogP contribution < -0.4 is 20.3 Å². The number of aromatic nitrogens is 3. The Morgan fingerprint density at radius 3 is 2.88 bits per heavy atom. The summed E-state index contributed by atoms with van der Waals surface area (Å²) >= 11 is 6.26. The van der Waals surface area contributed by atoms with E-state index < -0.39 is 0 Å². The van der Waals surface area contributed by atoms with Crippen molar-refractivity contribution in [3.05, 3.63) is 70.6 Å². The fourth-order valence-corrected chi connectivity index (χ4v) is 4.16. The topological polar surface area (TPSA) is 113 Å². The number of anilines is 2. The predicted octanol–water partition coefficient (Wildman–Crippen LogP) is 3.04. The lowest BCUT2D eigenvalue weighted by molar-refractivity contribution is 0.0950. The van der Waals surface area contributed by atoms with Gasteiger partial charge in [0.15, 0.2) is 0 Å². The molecule has 1 atom stereocenters. The highest BCUT2D eigenvalue weighted by atomic mass is 35.5. The molecule has 4 rings (SSSR count). The summed E-state index contributed by atoms with van der Waals surface area (Å²) in [6, 6.07) is 11.0. The lowest BCUT2D eigenvalue weighted by Crippen LogP contribution is -2.34. The summed E-state index contributed by atoms with van der Waals surface area (Å²) in [6.07, 6.45) is 5.03. The predicted molar refractivity (Wildman–Crippen MR) is 130 cm³/mol. The van der Waals surface area contributed by atoms with Crippen molar-refractivity contribution < 1.29 is 14.6 Å². The first-order chi connectivity index (χ1) is 16.6. The quantitative estimate of drug-likeness (QED) is 0.426. The third-order valence-electron chi connectivity index (χ3n) is 5.70. The van der Waals surface area contributed by atoms with Crippen molar-refractivity contribution in [1.82, 2.24) is 20.3 Å². The van der Waals surface area contributed by atoms with Gasteiger partial charge >= 0.3 is 0 Å². The van der Waals surface area contributed by atoms with Gasteiger partial charge in [0.2, 0.25) is 5.95 Å². The highest BCUT2D eigenvalue weighted by Gasteiger charge is 2.27. The Balaban J connectivity index is 1.56. The highest BCUT2D eigenvalue weighted by Crippen LogP contribution is 2.27. The van der Waals surface area contributed by atoms with Gasteiger partial charge in [0.25, 0.3) is 5.91 Å². The average Bonchev–Trinajstić information content (AvgIpc) is 3.35. The molecule has 1 fully saturated rings. The van der Waals surface area contributed by atoms with Crippen molar-refractivity contribution in [3.8, 4) is 5.75 Å². The van der Waals surface area contributed by atoms with E-state index in [-0.39, 0.29) is 25.1 Å². The van der Waals surface area contributed by atoms with Crippen LogP contribution in [0.3, 0.4) is 0 Å². The summed E-state index contributed by atoms with van der Waals surface area (Å²) < 4.78 is 5.21. The summed E-state index contributed by atoms with van der Waals surface area (Å²) in [5, 5.41) is 16.3. The van der Waals surface area contributed by atoms with E-state index in [1.807, 2.05) is 29.2 Å². The van der Waals surface area contributed by atoms with Crippen molar-refractivity contribution in [2.75, 3.05) is 30.5 Å². The first-order valence-corrected chi connectivity index (χ1v) is 11.5. The molecule has 0 bridgehead atoms. The molecule has 1 saturated heterocycles. The summed E-state index contributed by atoms with van der Waals surface area (Å²) in [4.78, 5) is 28.3. The van der Waals surface area contributed by atoms with Crippen molar-refractivity contribution in [2.24, 2.45) is 0 Å². The molecular formula is C24H27ClN6O3. The molecule has 2 aromatic heterocycles. The number of nitrogens with one attached hydrogen (secondary N) is 2. The second-order valence-corrected chi connectivity index (χ2v) is 8.34. The van der Waals surface area contributed by atoms with Gasteiger partial charge in [0, 0.05) is 25.5 Å². The van der Waals surface area contributed by atoms with Crippen LogP contribution in [-0.2, 0) is 13.1 Å². The molecule has 0 spiro atoms. The van der Waals surface area contributed by atoms with Crippen molar-refractivity contribution >= 4 is 29.3 Å². The van der Waals surface area contributed by atoms with Gasteiger partial charge in [-0.2, -0.15) is 4.98 Å². The molecular weight excluding hydrogens is 456 g/mol. The number of aliphatic hydroxyl groups is 1. The molecule has 1 amide bonds. The van der Waals surface area contributed by atoms with E-state index in [4.69, 9.17) is 16.3 Å². The number of pyridine rings is 1. The lowest BCUT2D eigenvalue weighted by Gasteiger charge is -2.24. The summed E-state index contributed by atoms with van der Waals surface area (Å²) in [6.45, 7) is 1.46. The zero-order chi connectivity index (χ0) is 23.9. The van der Waals surface area contributed by atoms with Gasteiger partial charge in [-0.25, -0.2) is 4.98 Å². The van der Waals surface area contributed by atoms with Crippen LogP contribution in [0.1, 0.15) is 34.5 Å². The minimum absolute atomic E-state index is 0.0305. The van der Waals surface area contributed by atoms with Crippen LogP contribution in [0.4, 0.5) is 11.8 Å². The molecule has 0 unspecified atom stereocenters. The fourth-order valence-electron chi connectivity index (χ4n) is 3.88. The Morgan fingerprint density at radius 1 is 1.26 bits per heavy atom. The molecule has 3 aromatic rings. The molecule has 9 nitrogen and oxygen atoms in total. The van der Waals surface area contributed by atoms with Gasteiger partial charge in [-0.15, -0.1) is 0 Å². The summed E-state index contributed by atoms with van der Waals surface area (Å²) in [7, 11) is 1.56. The Morgan fingerprint density at radius 2 is 2.15 bits per heavy atom. The van der Waals surface area contributed by atoms with E-state index in [1.165, 1.54) is 6.20 Å². The minimum atomic E-state index is -0.312.